The Labute approximate surface area is 525 Å². The molecule has 1 aromatic carbocycles. The number of imidazole rings is 1. The van der Waals surface area contributed by atoms with Crippen LogP contribution in [0.15, 0.2) is 52.8 Å². The van der Waals surface area contributed by atoms with Gasteiger partial charge in [0.05, 0.1) is 47.7 Å². The summed E-state index contributed by atoms with van der Waals surface area (Å²) in [7, 11) is -5.05. The molecule has 0 spiro atoms. The number of carbonyl (C=O) groups excluding carboxylic acids is 7. The summed E-state index contributed by atoms with van der Waals surface area (Å²) in [5, 5.41) is 40.2. The summed E-state index contributed by atoms with van der Waals surface area (Å²) in [4.78, 5) is 109. The Kier molecular flexibility index (Phi) is 20.0. The van der Waals surface area contributed by atoms with Crippen LogP contribution in [-0.2, 0) is 51.9 Å². The molecule has 498 valence electrons. The molecule has 1 aromatic heterocycles. The smallest absolute Gasteiger partial charge is 0.394 e. The van der Waals surface area contributed by atoms with Crippen LogP contribution in [0.1, 0.15) is 150 Å². The first-order valence-electron chi connectivity index (χ1n) is 31.1. The molecule has 90 heavy (non-hydrogen) atoms. The zero-order chi connectivity index (χ0) is 66.7. The number of phosphoric ester groups is 1. The van der Waals surface area contributed by atoms with E-state index < -0.39 is 156 Å². The predicted octanol–water partition coefficient (Wildman–Crippen LogP) is 1.71. The highest BCUT2D eigenvalue weighted by Gasteiger charge is 2.68. The Bertz CT molecular complexity index is 3330. The molecule has 8 rings (SSSR count). The minimum atomic E-state index is -5.05. The van der Waals surface area contributed by atoms with Gasteiger partial charge in [-0.15, -0.1) is 0 Å². The number of hydrogen-bond donors (Lipinski definition) is 14. The number of nitrogens with two attached hydrogens (primary N) is 6. The normalized spacial score (nSPS) is 36.7. The number of nitrogens with zero attached hydrogens (tertiary/aromatic N) is 2. The Morgan fingerprint density at radius 3 is 1.94 bits per heavy atom. The molecule has 3 unspecified atom stereocenters. The number of ether oxygens (including phenoxy) is 1. The summed E-state index contributed by atoms with van der Waals surface area (Å²) in [6, 6.07) is 1.13. The highest BCUT2D eigenvalue weighted by molar-refractivity contribution is 7.47. The SMILES string of the molecule is C/C1=C2/N[C@@](C)([C@@H]3N[C@@H](/C(C)=C4\NC(/C=C5\NC1[C@@](C)(CC(N)=O)[C@@H]5CCC(N)=O)C(C)(C)[C@@H]4CCC(N)=O)[C@](C)(CCC(=O)NC[C@@H](C)OP(=O)(O)O[C@H]1[C@@H](O)[C@@H](n4cnc5cc(C)c(C)cc54)O[C@@H]1CO)[C@H]3CC(N)=O)[C@@](C)(CC(N)=O)[C@@H]2CCC(N)=O. The third-order valence-corrected chi connectivity index (χ3v) is 22.8. The zero-order valence-electron chi connectivity index (χ0n) is 53.6. The van der Waals surface area contributed by atoms with Gasteiger partial charge < -0.3 is 85.4 Å². The third-order valence-electron chi connectivity index (χ3n) is 21.7. The van der Waals surface area contributed by atoms with Gasteiger partial charge in [-0.1, -0.05) is 34.6 Å². The summed E-state index contributed by atoms with van der Waals surface area (Å²) >= 11 is 0. The summed E-state index contributed by atoms with van der Waals surface area (Å²) in [6.45, 7) is 20.1. The van der Waals surface area contributed by atoms with Crippen LogP contribution in [-0.4, -0.2) is 133 Å². The lowest BCUT2D eigenvalue weighted by Crippen LogP contribution is -2.64. The number of fused-ring (bicyclic) bond motifs is 10. The molecule has 6 aliphatic heterocycles. The first-order valence-corrected chi connectivity index (χ1v) is 32.6. The number of aryl methyl sites for hydroxylation is 2. The zero-order valence-corrected chi connectivity index (χ0v) is 54.5. The summed E-state index contributed by atoms with van der Waals surface area (Å²) in [5.74, 6) is -6.32. The topological polar surface area (TPSA) is 459 Å². The van der Waals surface area contributed by atoms with Crippen LogP contribution in [0.3, 0.4) is 0 Å². The maximum Gasteiger partial charge on any atom is 0.472 e. The van der Waals surface area contributed by atoms with Gasteiger partial charge in [0, 0.05) is 109 Å². The quantitative estimate of drug-likeness (QED) is 0.0596. The number of benzene rings is 1. The molecular formula is C62H96N13O14P. The van der Waals surface area contributed by atoms with E-state index in [1.807, 2.05) is 67.5 Å². The fourth-order valence-corrected chi connectivity index (χ4v) is 17.7. The number of amides is 7. The van der Waals surface area contributed by atoms with Crippen molar-refractivity contribution in [3.63, 3.8) is 0 Å². The highest BCUT2D eigenvalue weighted by Crippen LogP contribution is 2.62. The van der Waals surface area contributed by atoms with Gasteiger partial charge in [0.25, 0.3) is 0 Å². The maximum atomic E-state index is 14.4. The fraction of sp³-hybridized carbons (Fsp3) is 0.677. The predicted molar refractivity (Wildman–Crippen MR) is 332 cm³/mol. The first kappa shape index (κ1) is 69.4. The van der Waals surface area contributed by atoms with Crippen LogP contribution in [0.25, 0.3) is 11.0 Å². The largest absolute Gasteiger partial charge is 0.472 e. The van der Waals surface area contributed by atoms with Crippen molar-refractivity contribution >= 4 is 60.2 Å². The summed E-state index contributed by atoms with van der Waals surface area (Å²) in [5.41, 5.74) is 38.0. The third kappa shape index (κ3) is 13.2. The van der Waals surface area contributed by atoms with E-state index >= 15 is 0 Å². The second kappa shape index (κ2) is 25.9. The molecule has 2 aromatic rings. The van der Waals surface area contributed by atoms with Gasteiger partial charge in [0.2, 0.25) is 41.4 Å². The van der Waals surface area contributed by atoms with Gasteiger partial charge in [-0.25, -0.2) is 9.55 Å². The number of nitrogens with one attached hydrogen (secondary N) is 5. The molecule has 5 saturated heterocycles. The monoisotopic (exact) mass is 1280 g/mol. The Balaban J connectivity index is 1.17. The van der Waals surface area contributed by atoms with Crippen LogP contribution in [0.2, 0.25) is 0 Å². The maximum absolute atomic E-state index is 14.4. The fourth-order valence-electron chi connectivity index (χ4n) is 16.6. The molecule has 7 heterocycles. The highest BCUT2D eigenvalue weighted by atomic mass is 31.2. The van der Waals surface area contributed by atoms with Crippen molar-refractivity contribution in [2.75, 3.05) is 13.2 Å². The van der Waals surface area contributed by atoms with Crippen molar-refractivity contribution in [1.82, 2.24) is 36.1 Å². The van der Waals surface area contributed by atoms with E-state index in [4.69, 9.17) is 48.2 Å². The van der Waals surface area contributed by atoms with Gasteiger partial charge in [-0.3, -0.25) is 42.6 Å². The Morgan fingerprint density at radius 2 is 1.36 bits per heavy atom. The number of primary amides is 6. The van der Waals surface area contributed by atoms with Crippen molar-refractivity contribution in [2.24, 2.45) is 79.7 Å². The van der Waals surface area contributed by atoms with E-state index in [0.29, 0.717) is 28.7 Å². The Morgan fingerprint density at radius 1 is 0.767 bits per heavy atom. The standard InChI is InChI=1S/C62H96N13O14P/c1-29-20-39-40(21-30(29)2)75(28-70-39)57-52(84)53(41(27-76)87-57)89-90(85,86)88-31(3)26-69-49(83)18-19-59(8)37(22-46(66)80)56-62(11)61(10,25-48(68)82)36(14-17-45(65)79)51(74-62)33(5)55-60(9,24-47(67)81)34(12-15-43(63)77)38(71-55)23-42-58(6,7)35(13-16-44(64)78)50(72-42)32(4)54(59)73-56/h20-21,23,28,31,34-37,41-42,52-57,71-74,76,84H,12-19,22,24-27H2,1-11H3,(H2,63,77)(H2,64,78)(H2,65,79)(H2,66,80)(H2,67,81)(H2,68,82)(H,69,83)(H,85,86)/b38-23-,50-32-,51-33-/t31-,34-,35-,36-,37+,41-,42?,52-,53-,54+,55?,56-,57+,59-,60+,61+,62+/m1/s1. The number of aromatic nitrogens is 2. The van der Waals surface area contributed by atoms with E-state index in [-0.39, 0.29) is 76.7 Å². The lowest BCUT2D eigenvalue weighted by Gasteiger charge is -2.49. The molecule has 20 N–H and O–H groups in total. The van der Waals surface area contributed by atoms with E-state index in [1.54, 1.807) is 4.57 Å². The van der Waals surface area contributed by atoms with Crippen molar-refractivity contribution in [2.45, 2.75) is 207 Å². The number of allylic oxidation sites excluding steroid dienone is 3. The van der Waals surface area contributed by atoms with Crippen LogP contribution < -0.4 is 61.0 Å². The molecule has 7 amide bonds. The minimum absolute atomic E-state index is 0.0214. The number of rotatable bonds is 26. The first-order chi connectivity index (χ1) is 41.8. The molecule has 8 bridgehead atoms. The lowest BCUT2D eigenvalue weighted by atomic mass is 9.56. The molecule has 18 atom stereocenters. The van der Waals surface area contributed by atoms with Crippen molar-refractivity contribution in [3.8, 4) is 0 Å². The van der Waals surface area contributed by atoms with Gasteiger partial charge in [-0.2, -0.15) is 0 Å². The van der Waals surface area contributed by atoms with Crippen molar-refractivity contribution in [3.05, 3.63) is 63.9 Å². The molecular weight excluding hydrogens is 1180 g/mol. The second-order valence-electron chi connectivity index (χ2n) is 28.0. The number of carbonyl (C=O) groups is 7. The van der Waals surface area contributed by atoms with Crippen molar-refractivity contribution < 1.29 is 67.0 Å². The molecule has 0 aliphatic carbocycles. The molecule has 27 nitrogen and oxygen atoms in total. The van der Waals surface area contributed by atoms with Crippen LogP contribution in [0, 0.1) is 59.2 Å². The summed E-state index contributed by atoms with van der Waals surface area (Å²) in [6.07, 6.45) is -3.17. The Hall–Kier alpha value is -6.45. The van der Waals surface area contributed by atoms with Crippen LogP contribution in [0.4, 0.5) is 0 Å². The molecule has 0 saturated carbocycles. The van der Waals surface area contributed by atoms with Crippen molar-refractivity contribution in [1.29, 1.82) is 0 Å². The van der Waals surface area contributed by atoms with Gasteiger partial charge in [-0.05, 0) is 124 Å². The summed E-state index contributed by atoms with van der Waals surface area (Å²) < 4.78 is 32.3. The van der Waals surface area contributed by atoms with E-state index in [9.17, 15) is 53.2 Å². The van der Waals surface area contributed by atoms with E-state index in [0.717, 1.165) is 28.1 Å². The molecule has 28 heteroatoms. The number of phosphoric acid groups is 1. The number of aliphatic hydroxyl groups excluding tert-OH is 2. The van der Waals surface area contributed by atoms with Gasteiger partial charge in [0.1, 0.15) is 18.3 Å². The minimum Gasteiger partial charge on any atom is -0.394 e. The number of hydrogen-bond acceptors (Lipinski definition) is 18. The average molecular weight is 1280 g/mol. The van der Waals surface area contributed by atoms with E-state index in [2.05, 4.69) is 51.5 Å². The molecule has 0 radical (unpaired) electrons. The van der Waals surface area contributed by atoms with E-state index in [1.165, 1.54) is 13.3 Å². The van der Waals surface area contributed by atoms with Crippen LogP contribution in [0.5, 0.6) is 0 Å². The van der Waals surface area contributed by atoms with Gasteiger partial charge >= 0.3 is 7.82 Å². The lowest BCUT2D eigenvalue weighted by molar-refractivity contribution is -0.124. The number of aliphatic hydroxyl groups is 2. The van der Waals surface area contributed by atoms with Crippen LogP contribution >= 0.6 is 7.82 Å². The average Bonchev–Trinajstić information content (AvgIpc) is 1.53. The molecule has 5 fully saturated rings. The van der Waals surface area contributed by atoms with Gasteiger partial charge in [0.15, 0.2) is 6.23 Å². The molecule has 6 aliphatic rings. The second-order valence-corrected chi connectivity index (χ2v) is 29.3.